The summed E-state index contributed by atoms with van der Waals surface area (Å²) in [5, 5.41) is 9.50. The molecule has 0 amide bonds. The Morgan fingerprint density at radius 2 is 2.15 bits per heavy atom. The second kappa shape index (κ2) is 3.81. The van der Waals surface area contributed by atoms with Crippen LogP contribution in [0.15, 0.2) is 24.1 Å². The maximum Gasteiger partial charge on any atom is 0.238 e. The molecule has 4 nitrogen and oxygen atoms in total. The predicted molar refractivity (Wildman–Crippen MR) is 46.7 cm³/mol. The first kappa shape index (κ1) is 8.59. The second-order valence-corrected chi connectivity index (χ2v) is 3.01. The number of morpholine rings is 1. The van der Waals surface area contributed by atoms with Crippen LogP contribution in [0.1, 0.15) is 0 Å². The highest BCUT2D eigenvalue weighted by Crippen LogP contribution is 2.16. The van der Waals surface area contributed by atoms with E-state index < -0.39 is 6.29 Å². The SMILES string of the molecule is OC1OC=CC=C1N1CCOCC1. The lowest BCUT2D eigenvalue weighted by Gasteiger charge is -2.33. The lowest BCUT2D eigenvalue weighted by molar-refractivity contribution is -0.0542. The molecule has 1 fully saturated rings. The first-order valence-corrected chi connectivity index (χ1v) is 4.41. The van der Waals surface area contributed by atoms with E-state index in [-0.39, 0.29) is 0 Å². The van der Waals surface area contributed by atoms with Gasteiger partial charge in [-0.1, -0.05) is 0 Å². The van der Waals surface area contributed by atoms with Crippen LogP contribution in [0, 0.1) is 0 Å². The highest BCUT2D eigenvalue weighted by Gasteiger charge is 2.21. The van der Waals surface area contributed by atoms with Gasteiger partial charge in [-0.15, -0.1) is 0 Å². The van der Waals surface area contributed by atoms with Gasteiger partial charge in [0.1, 0.15) is 0 Å². The number of aliphatic hydroxyl groups is 1. The third-order valence-electron chi connectivity index (χ3n) is 2.18. The van der Waals surface area contributed by atoms with Crippen molar-refractivity contribution in [3.05, 3.63) is 24.1 Å². The summed E-state index contributed by atoms with van der Waals surface area (Å²) < 4.78 is 10.2. The monoisotopic (exact) mass is 183 g/mol. The first-order valence-electron chi connectivity index (χ1n) is 4.41. The first-order chi connectivity index (χ1) is 6.38. The zero-order chi connectivity index (χ0) is 9.10. The Labute approximate surface area is 77.0 Å². The van der Waals surface area contributed by atoms with Gasteiger partial charge in [0.05, 0.1) is 25.2 Å². The highest BCUT2D eigenvalue weighted by molar-refractivity contribution is 5.16. The average molecular weight is 183 g/mol. The lowest BCUT2D eigenvalue weighted by atomic mass is 10.2. The Morgan fingerprint density at radius 1 is 1.38 bits per heavy atom. The molecule has 0 spiro atoms. The number of rotatable bonds is 1. The Balaban J connectivity index is 2.04. The van der Waals surface area contributed by atoms with Crippen LogP contribution in [0.2, 0.25) is 0 Å². The summed E-state index contributed by atoms with van der Waals surface area (Å²) in [5.74, 6) is 0. The standard InChI is InChI=1S/C9H13NO3/c11-9-8(2-1-5-13-9)10-3-6-12-7-4-10/h1-2,5,9,11H,3-4,6-7H2. The summed E-state index contributed by atoms with van der Waals surface area (Å²) in [4.78, 5) is 2.08. The van der Waals surface area contributed by atoms with Gasteiger partial charge < -0.3 is 19.5 Å². The molecule has 13 heavy (non-hydrogen) atoms. The van der Waals surface area contributed by atoms with Crippen molar-refractivity contribution < 1.29 is 14.6 Å². The third kappa shape index (κ3) is 1.84. The van der Waals surface area contributed by atoms with Gasteiger partial charge in [0.15, 0.2) is 0 Å². The molecular formula is C9H13NO3. The molecular weight excluding hydrogens is 170 g/mol. The molecule has 0 aromatic rings. The predicted octanol–water partition coefficient (Wildman–Crippen LogP) is 0.0648. The molecule has 0 radical (unpaired) electrons. The summed E-state index contributed by atoms with van der Waals surface area (Å²) in [6, 6.07) is 0. The van der Waals surface area contributed by atoms with Crippen LogP contribution >= 0.6 is 0 Å². The fourth-order valence-electron chi connectivity index (χ4n) is 1.49. The molecule has 0 aromatic heterocycles. The van der Waals surface area contributed by atoms with Crippen LogP contribution in [-0.4, -0.2) is 42.6 Å². The fraction of sp³-hybridized carbons (Fsp3) is 0.556. The summed E-state index contributed by atoms with van der Waals surface area (Å²) >= 11 is 0. The van der Waals surface area contributed by atoms with E-state index in [4.69, 9.17) is 9.47 Å². The molecule has 1 atom stereocenters. The van der Waals surface area contributed by atoms with Crippen LogP contribution in [0.3, 0.4) is 0 Å². The highest BCUT2D eigenvalue weighted by atomic mass is 16.6. The van der Waals surface area contributed by atoms with Crippen molar-refractivity contribution in [2.45, 2.75) is 6.29 Å². The van der Waals surface area contributed by atoms with Crippen LogP contribution < -0.4 is 0 Å². The molecule has 1 unspecified atom stereocenters. The van der Waals surface area contributed by atoms with E-state index in [1.54, 1.807) is 6.08 Å². The van der Waals surface area contributed by atoms with Gasteiger partial charge in [-0.2, -0.15) is 0 Å². The number of ether oxygens (including phenoxy) is 2. The van der Waals surface area contributed by atoms with E-state index >= 15 is 0 Å². The largest absolute Gasteiger partial charge is 0.467 e. The third-order valence-corrected chi connectivity index (χ3v) is 2.18. The Bertz CT molecular complexity index is 231. The lowest BCUT2D eigenvalue weighted by Crippen LogP contribution is -2.40. The van der Waals surface area contributed by atoms with Crippen molar-refractivity contribution in [3.63, 3.8) is 0 Å². The van der Waals surface area contributed by atoms with E-state index in [1.807, 2.05) is 6.08 Å². The van der Waals surface area contributed by atoms with Crippen LogP contribution in [0.5, 0.6) is 0 Å². The van der Waals surface area contributed by atoms with Crippen LogP contribution in [0.25, 0.3) is 0 Å². The number of aliphatic hydroxyl groups excluding tert-OH is 1. The smallest absolute Gasteiger partial charge is 0.238 e. The molecule has 1 N–H and O–H groups in total. The van der Waals surface area contributed by atoms with Crippen molar-refractivity contribution in [3.8, 4) is 0 Å². The average Bonchev–Trinajstić information content (AvgIpc) is 2.20. The maximum absolute atomic E-state index is 9.50. The quantitative estimate of drug-likeness (QED) is 0.624. The number of hydrogen-bond donors (Lipinski definition) is 1. The minimum absolute atomic E-state index is 0.716. The molecule has 0 aliphatic carbocycles. The van der Waals surface area contributed by atoms with Gasteiger partial charge in [-0.05, 0) is 12.2 Å². The van der Waals surface area contributed by atoms with Gasteiger partial charge in [0.25, 0.3) is 0 Å². The molecule has 72 valence electrons. The van der Waals surface area contributed by atoms with E-state index in [2.05, 4.69) is 4.90 Å². The second-order valence-electron chi connectivity index (χ2n) is 3.01. The van der Waals surface area contributed by atoms with Crippen LogP contribution in [0.4, 0.5) is 0 Å². The van der Waals surface area contributed by atoms with Gasteiger partial charge in [0, 0.05) is 13.1 Å². The molecule has 0 saturated carbocycles. The van der Waals surface area contributed by atoms with E-state index in [0.29, 0.717) is 13.2 Å². The Kier molecular flexibility index (Phi) is 2.52. The molecule has 2 heterocycles. The maximum atomic E-state index is 9.50. The Morgan fingerprint density at radius 3 is 2.85 bits per heavy atom. The van der Waals surface area contributed by atoms with Crippen molar-refractivity contribution in [2.24, 2.45) is 0 Å². The van der Waals surface area contributed by atoms with Crippen LogP contribution in [-0.2, 0) is 9.47 Å². The van der Waals surface area contributed by atoms with Crippen molar-refractivity contribution in [1.82, 2.24) is 4.90 Å². The molecule has 2 aliphatic rings. The number of allylic oxidation sites excluding steroid dienone is 2. The zero-order valence-electron chi connectivity index (χ0n) is 7.35. The van der Waals surface area contributed by atoms with E-state index in [1.165, 1.54) is 6.26 Å². The molecule has 0 aromatic carbocycles. The summed E-state index contributed by atoms with van der Waals surface area (Å²) in [6.07, 6.45) is 4.34. The van der Waals surface area contributed by atoms with E-state index in [9.17, 15) is 5.11 Å². The molecule has 4 heteroatoms. The molecule has 2 aliphatic heterocycles. The molecule has 1 saturated heterocycles. The van der Waals surface area contributed by atoms with Gasteiger partial charge in [-0.3, -0.25) is 0 Å². The summed E-state index contributed by atoms with van der Waals surface area (Å²) in [6.45, 7) is 3.07. The minimum atomic E-state index is -0.817. The fourth-order valence-corrected chi connectivity index (χ4v) is 1.49. The number of nitrogens with zero attached hydrogens (tertiary/aromatic N) is 1. The molecule has 2 rings (SSSR count). The summed E-state index contributed by atoms with van der Waals surface area (Å²) in [7, 11) is 0. The summed E-state index contributed by atoms with van der Waals surface area (Å²) in [5.41, 5.74) is 0.825. The Hall–Kier alpha value is -1.00. The topological polar surface area (TPSA) is 41.9 Å². The van der Waals surface area contributed by atoms with Crippen molar-refractivity contribution in [2.75, 3.05) is 26.3 Å². The van der Waals surface area contributed by atoms with E-state index in [0.717, 1.165) is 18.8 Å². The van der Waals surface area contributed by atoms with Gasteiger partial charge in [0.2, 0.25) is 6.29 Å². The van der Waals surface area contributed by atoms with Crippen molar-refractivity contribution >= 4 is 0 Å². The minimum Gasteiger partial charge on any atom is -0.467 e. The molecule has 0 bridgehead atoms. The van der Waals surface area contributed by atoms with Crippen molar-refractivity contribution in [1.29, 1.82) is 0 Å². The number of hydrogen-bond acceptors (Lipinski definition) is 4. The van der Waals surface area contributed by atoms with Gasteiger partial charge in [-0.25, -0.2) is 0 Å². The zero-order valence-corrected chi connectivity index (χ0v) is 7.35. The normalized spacial score (nSPS) is 28.2. The van der Waals surface area contributed by atoms with Gasteiger partial charge >= 0.3 is 0 Å².